The van der Waals surface area contributed by atoms with Gasteiger partial charge in [0.2, 0.25) is 0 Å². The van der Waals surface area contributed by atoms with Gasteiger partial charge >= 0.3 is 12.1 Å². The van der Waals surface area contributed by atoms with Crippen molar-refractivity contribution in [3.63, 3.8) is 0 Å². The summed E-state index contributed by atoms with van der Waals surface area (Å²) in [6.45, 7) is 0.205. The molecule has 1 N–H and O–H groups in total. The molecule has 0 aliphatic carbocycles. The van der Waals surface area contributed by atoms with Crippen LogP contribution < -0.4 is 5.32 Å². The summed E-state index contributed by atoms with van der Waals surface area (Å²) >= 11 is 0. The summed E-state index contributed by atoms with van der Waals surface area (Å²) in [5.74, 6) is -2.18. The number of benzene rings is 1. The fourth-order valence-corrected chi connectivity index (χ4v) is 2.07. The molecule has 1 aromatic carbocycles. The lowest BCUT2D eigenvalue weighted by molar-refractivity contribution is -0.171. The Bertz CT molecular complexity index is 686. The third kappa shape index (κ3) is 2.01. The van der Waals surface area contributed by atoms with Crippen LogP contribution in [0.4, 0.5) is 18.9 Å². The molecule has 2 heterocycles. The number of amidine groups is 1. The van der Waals surface area contributed by atoms with Crippen molar-refractivity contribution in [1.29, 1.82) is 0 Å². The Morgan fingerprint density at radius 3 is 2.75 bits per heavy atom. The normalized spacial score (nSPS) is 16.6. The number of nitrogens with one attached hydrogen (secondary N) is 1. The molecule has 0 radical (unpaired) electrons. The van der Waals surface area contributed by atoms with Crippen LogP contribution in [0.3, 0.4) is 0 Å². The minimum absolute atomic E-state index is 0.138. The molecule has 2 aliphatic heterocycles. The first-order valence-electron chi connectivity index (χ1n) is 5.78. The second-order valence-corrected chi connectivity index (χ2v) is 4.24. The van der Waals surface area contributed by atoms with Crippen LogP contribution in [-0.4, -0.2) is 30.2 Å². The van der Waals surface area contributed by atoms with Crippen LogP contribution in [0.2, 0.25) is 0 Å². The molecule has 0 fully saturated rings. The van der Waals surface area contributed by atoms with E-state index in [1.807, 2.05) is 12.1 Å². The van der Waals surface area contributed by atoms with E-state index in [-0.39, 0.29) is 18.1 Å². The number of alkyl halides is 3. The third-order valence-corrected chi connectivity index (χ3v) is 2.94. The van der Waals surface area contributed by atoms with E-state index in [1.165, 1.54) is 0 Å². The lowest BCUT2D eigenvalue weighted by atomic mass is 10.0. The fourth-order valence-electron chi connectivity index (χ4n) is 2.07. The van der Waals surface area contributed by atoms with Crippen molar-refractivity contribution in [3.8, 4) is 0 Å². The van der Waals surface area contributed by atoms with Gasteiger partial charge < -0.3 is 5.32 Å². The first-order chi connectivity index (χ1) is 9.47. The molecule has 3 rings (SSSR count). The van der Waals surface area contributed by atoms with Crippen LogP contribution in [0.1, 0.15) is 5.56 Å². The summed E-state index contributed by atoms with van der Waals surface area (Å²) < 4.78 is 36.9. The SMILES string of the molecule is O=C(NC1=NCC=C2C1=Nc1ccccc12)C(F)(F)F. The van der Waals surface area contributed by atoms with E-state index in [0.717, 1.165) is 5.56 Å². The molecular formula is C13H8F3N3O. The van der Waals surface area contributed by atoms with Crippen LogP contribution in [0.25, 0.3) is 5.57 Å². The first-order valence-corrected chi connectivity index (χ1v) is 5.78. The van der Waals surface area contributed by atoms with Gasteiger partial charge in [-0.05, 0) is 6.07 Å². The molecule has 20 heavy (non-hydrogen) atoms. The van der Waals surface area contributed by atoms with Gasteiger partial charge in [0, 0.05) is 11.1 Å². The molecule has 102 valence electrons. The number of carbonyl (C=O) groups excluding carboxylic acids is 1. The number of amides is 1. The van der Waals surface area contributed by atoms with E-state index < -0.39 is 12.1 Å². The molecule has 0 bridgehead atoms. The number of hydrogen-bond acceptors (Lipinski definition) is 3. The molecule has 0 saturated heterocycles. The number of dihydropyridines is 1. The average molecular weight is 279 g/mol. The van der Waals surface area contributed by atoms with Crippen molar-refractivity contribution in [3.05, 3.63) is 35.9 Å². The Morgan fingerprint density at radius 1 is 1.25 bits per heavy atom. The van der Waals surface area contributed by atoms with Crippen molar-refractivity contribution in [2.45, 2.75) is 6.18 Å². The van der Waals surface area contributed by atoms with Gasteiger partial charge in [-0.15, -0.1) is 0 Å². The number of halogens is 3. The van der Waals surface area contributed by atoms with Gasteiger partial charge in [-0.2, -0.15) is 13.2 Å². The molecule has 4 nitrogen and oxygen atoms in total. The van der Waals surface area contributed by atoms with Gasteiger partial charge in [-0.3, -0.25) is 9.79 Å². The Balaban J connectivity index is 1.91. The van der Waals surface area contributed by atoms with E-state index in [0.29, 0.717) is 11.3 Å². The monoisotopic (exact) mass is 279 g/mol. The highest BCUT2D eigenvalue weighted by atomic mass is 19.4. The quantitative estimate of drug-likeness (QED) is 0.778. The van der Waals surface area contributed by atoms with Crippen LogP contribution >= 0.6 is 0 Å². The minimum atomic E-state index is -4.95. The van der Waals surface area contributed by atoms with Crippen molar-refractivity contribution in [2.75, 3.05) is 6.54 Å². The van der Waals surface area contributed by atoms with Crippen LogP contribution in [0.15, 0.2) is 40.3 Å². The van der Waals surface area contributed by atoms with E-state index in [1.54, 1.807) is 23.5 Å². The zero-order valence-corrected chi connectivity index (χ0v) is 10.0. The predicted octanol–water partition coefficient (Wildman–Crippen LogP) is 2.25. The van der Waals surface area contributed by atoms with Gasteiger partial charge in [-0.1, -0.05) is 24.3 Å². The molecule has 0 aromatic heterocycles. The second kappa shape index (κ2) is 4.29. The van der Waals surface area contributed by atoms with Crippen molar-refractivity contribution >= 4 is 28.7 Å². The van der Waals surface area contributed by atoms with E-state index in [2.05, 4.69) is 9.98 Å². The molecule has 2 aliphatic rings. The number of para-hydroxylation sites is 1. The van der Waals surface area contributed by atoms with Crippen LogP contribution in [-0.2, 0) is 4.79 Å². The van der Waals surface area contributed by atoms with Crippen LogP contribution in [0, 0.1) is 0 Å². The summed E-state index contributed by atoms with van der Waals surface area (Å²) in [5.41, 5.74) is 2.46. The number of aliphatic imine (C=N–C) groups is 2. The molecule has 1 amide bonds. The number of fused-ring (bicyclic) bond motifs is 3. The summed E-state index contributed by atoms with van der Waals surface area (Å²) in [6.07, 6.45) is -3.18. The summed E-state index contributed by atoms with van der Waals surface area (Å²) in [4.78, 5) is 19.1. The highest BCUT2D eigenvalue weighted by Gasteiger charge is 2.40. The Hall–Kier alpha value is -2.44. The van der Waals surface area contributed by atoms with Crippen LogP contribution in [0.5, 0.6) is 0 Å². The Morgan fingerprint density at radius 2 is 2.00 bits per heavy atom. The van der Waals surface area contributed by atoms with Gasteiger partial charge in [0.1, 0.15) is 5.71 Å². The van der Waals surface area contributed by atoms with Crippen molar-refractivity contribution in [2.24, 2.45) is 9.98 Å². The Labute approximate surface area is 111 Å². The molecule has 1 aromatic rings. The molecule has 0 spiro atoms. The zero-order chi connectivity index (χ0) is 14.3. The lowest BCUT2D eigenvalue weighted by Crippen LogP contribution is -2.44. The largest absolute Gasteiger partial charge is 0.471 e. The number of hydrogen-bond donors (Lipinski definition) is 1. The van der Waals surface area contributed by atoms with Gasteiger partial charge in [0.25, 0.3) is 0 Å². The van der Waals surface area contributed by atoms with Gasteiger partial charge in [0.15, 0.2) is 5.84 Å². The van der Waals surface area contributed by atoms with Gasteiger partial charge in [-0.25, -0.2) is 4.99 Å². The molecule has 0 unspecified atom stereocenters. The third-order valence-electron chi connectivity index (χ3n) is 2.94. The maximum Gasteiger partial charge on any atom is 0.471 e. The van der Waals surface area contributed by atoms with Crippen molar-refractivity contribution < 1.29 is 18.0 Å². The maximum atomic E-state index is 12.3. The molecule has 0 saturated carbocycles. The summed E-state index contributed by atoms with van der Waals surface area (Å²) in [7, 11) is 0. The Kier molecular flexibility index (Phi) is 2.70. The summed E-state index contributed by atoms with van der Waals surface area (Å²) in [5, 5.41) is 1.78. The van der Waals surface area contributed by atoms with Crippen molar-refractivity contribution in [1.82, 2.24) is 5.32 Å². The topological polar surface area (TPSA) is 53.8 Å². The van der Waals surface area contributed by atoms with Gasteiger partial charge in [0.05, 0.1) is 12.2 Å². The maximum absolute atomic E-state index is 12.3. The second-order valence-electron chi connectivity index (χ2n) is 4.24. The lowest BCUT2D eigenvalue weighted by Gasteiger charge is -2.14. The number of rotatable bonds is 0. The number of nitrogens with zero attached hydrogens (tertiary/aromatic N) is 2. The highest BCUT2D eigenvalue weighted by Crippen LogP contribution is 2.35. The first kappa shape index (κ1) is 12.6. The van der Waals surface area contributed by atoms with E-state index in [9.17, 15) is 18.0 Å². The smallest absolute Gasteiger partial charge is 0.301 e. The molecule has 0 atom stereocenters. The molecular weight excluding hydrogens is 271 g/mol. The fraction of sp³-hybridized carbons (Fsp3) is 0.154. The molecule has 7 heteroatoms. The standard InChI is InChI=1S/C13H8F3N3O/c14-13(15,16)12(20)19-11-10-8(5-6-17-11)7-3-1-2-4-9(7)18-10/h1-5H,6H2,(H,17,19,20). The number of carbonyl (C=O) groups is 1. The minimum Gasteiger partial charge on any atom is -0.301 e. The van der Waals surface area contributed by atoms with E-state index in [4.69, 9.17) is 0 Å². The predicted molar refractivity (Wildman–Crippen MR) is 68.0 cm³/mol. The summed E-state index contributed by atoms with van der Waals surface area (Å²) in [6, 6.07) is 7.18. The zero-order valence-electron chi connectivity index (χ0n) is 10.0. The van der Waals surface area contributed by atoms with E-state index >= 15 is 0 Å². The average Bonchev–Trinajstić information content (AvgIpc) is 2.77. The highest BCUT2D eigenvalue weighted by molar-refractivity contribution is 6.61.